The maximum Gasteiger partial charge on any atom is 0.227 e. The number of hydrogen-bond acceptors (Lipinski definition) is 3. The van der Waals surface area contributed by atoms with Gasteiger partial charge in [-0.15, -0.1) is 0 Å². The van der Waals surface area contributed by atoms with Crippen LogP contribution < -0.4 is 5.32 Å². The first kappa shape index (κ1) is 32.8. The van der Waals surface area contributed by atoms with Gasteiger partial charge in [-0.3, -0.25) is 14.8 Å². The molecule has 4 fully saturated rings. The molecule has 1 aliphatic heterocycles. The zero-order valence-electron chi connectivity index (χ0n) is 31.1. The lowest BCUT2D eigenvalue weighted by molar-refractivity contribution is -0.168. The van der Waals surface area contributed by atoms with Crippen molar-refractivity contribution in [2.75, 3.05) is 13.1 Å². The van der Waals surface area contributed by atoms with Gasteiger partial charge in [0.15, 0.2) is 0 Å². The minimum atomic E-state index is -0.259. The second-order valence-electron chi connectivity index (χ2n) is 19.5. The third-order valence-corrected chi connectivity index (χ3v) is 16.3. The van der Waals surface area contributed by atoms with E-state index in [4.69, 9.17) is 0 Å². The van der Waals surface area contributed by atoms with Crippen LogP contribution in [0.2, 0.25) is 0 Å². The fraction of sp³-hybridized carbons (Fsp3) is 0.721. The Hall–Kier alpha value is -2.40. The van der Waals surface area contributed by atoms with Crippen molar-refractivity contribution in [1.29, 1.82) is 0 Å². The summed E-state index contributed by atoms with van der Waals surface area (Å²) < 4.78 is 0. The number of benzene rings is 1. The van der Waals surface area contributed by atoms with Crippen molar-refractivity contribution < 1.29 is 4.79 Å². The van der Waals surface area contributed by atoms with Crippen LogP contribution in [0.4, 0.5) is 0 Å². The van der Waals surface area contributed by atoms with E-state index in [2.05, 4.69) is 111 Å². The summed E-state index contributed by atoms with van der Waals surface area (Å²) in [5.74, 6) is 2.02. The minimum Gasteiger partial charge on any atom is -0.353 e. The van der Waals surface area contributed by atoms with Gasteiger partial charge in [-0.05, 0) is 121 Å². The van der Waals surface area contributed by atoms with Crippen LogP contribution >= 0.6 is 0 Å². The van der Waals surface area contributed by atoms with Crippen molar-refractivity contribution in [3.63, 3.8) is 0 Å². The van der Waals surface area contributed by atoms with E-state index in [1.54, 1.807) is 5.57 Å². The molecule has 5 aliphatic carbocycles. The number of piperidine rings is 1. The number of H-pyrrole nitrogens is 1. The molecule has 1 amide bonds. The standard InChI is InChI=1S/C43H62N4O/c1-38(2)19-21-43(37(48)45-31-16-23-47(24-17-31)28-29-11-9-8-10-12-29)22-20-41(6)32(33(43)26-38)13-14-35-40(5)25-30-27-44-46-36(30)39(3,4)34(40)15-18-42(35,41)7/h8-13,27,31,33-35H,14-26,28H2,1-7H3,(H,44,46)(H,45,48)/t33-,34-,35+,40-,41+,42+,43-/m0/s1. The van der Waals surface area contributed by atoms with E-state index in [0.29, 0.717) is 29.7 Å². The van der Waals surface area contributed by atoms with E-state index in [1.165, 1.54) is 29.7 Å². The molecule has 0 radical (unpaired) electrons. The lowest BCUT2D eigenvalue weighted by Gasteiger charge is -2.70. The molecule has 48 heavy (non-hydrogen) atoms. The molecule has 2 heterocycles. The van der Waals surface area contributed by atoms with Crippen molar-refractivity contribution in [3.8, 4) is 0 Å². The molecule has 3 saturated carbocycles. The SMILES string of the molecule is CC1(C)CC[C@]2(C(=O)NC3CCN(Cc4ccccc4)CC3)CC[C@]3(C)C(=CC[C@@H]4[C@@]5(C)Cc6cn[nH]c6C(C)(C)[C@@H]5CC[C@]43C)[C@@H]2C1. The number of aromatic nitrogens is 2. The molecule has 2 aromatic rings. The third-order valence-electron chi connectivity index (χ3n) is 16.3. The second kappa shape index (κ2) is 11.0. The Morgan fingerprint density at radius 1 is 0.917 bits per heavy atom. The first-order valence-corrected chi connectivity index (χ1v) is 19.5. The highest BCUT2D eigenvalue weighted by atomic mass is 16.2. The van der Waals surface area contributed by atoms with E-state index < -0.39 is 0 Å². The molecule has 0 bridgehead atoms. The average Bonchev–Trinajstić information content (AvgIpc) is 3.51. The molecule has 7 atom stereocenters. The highest BCUT2D eigenvalue weighted by Crippen LogP contribution is 2.75. The Morgan fingerprint density at radius 2 is 1.65 bits per heavy atom. The monoisotopic (exact) mass is 650 g/mol. The molecule has 0 unspecified atom stereocenters. The van der Waals surface area contributed by atoms with E-state index in [0.717, 1.165) is 77.4 Å². The quantitative estimate of drug-likeness (QED) is 0.325. The molecule has 5 heteroatoms. The van der Waals surface area contributed by atoms with Gasteiger partial charge in [0.25, 0.3) is 0 Å². The van der Waals surface area contributed by atoms with Gasteiger partial charge in [-0.25, -0.2) is 0 Å². The predicted octanol–water partition coefficient (Wildman–Crippen LogP) is 9.01. The summed E-state index contributed by atoms with van der Waals surface area (Å²) in [5, 5.41) is 11.7. The van der Waals surface area contributed by atoms with Crippen LogP contribution in [0.1, 0.15) is 129 Å². The van der Waals surface area contributed by atoms with Crippen molar-refractivity contribution in [2.24, 2.45) is 44.8 Å². The van der Waals surface area contributed by atoms with Crippen molar-refractivity contribution in [3.05, 3.63) is 65.0 Å². The van der Waals surface area contributed by atoms with E-state index in [1.807, 2.05) is 0 Å². The summed E-state index contributed by atoms with van der Waals surface area (Å²) in [4.78, 5) is 17.4. The molecule has 8 rings (SSSR count). The maximum atomic E-state index is 14.8. The Balaban J connectivity index is 1.06. The number of allylic oxidation sites excluding steroid dienone is 2. The van der Waals surface area contributed by atoms with Crippen molar-refractivity contribution >= 4 is 5.91 Å². The Bertz CT molecular complexity index is 1580. The van der Waals surface area contributed by atoms with Gasteiger partial charge in [-0.2, -0.15) is 5.10 Å². The summed E-state index contributed by atoms with van der Waals surface area (Å²) >= 11 is 0. The van der Waals surface area contributed by atoms with E-state index in [-0.39, 0.29) is 32.5 Å². The smallest absolute Gasteiger partial charge is 0.227 e. The normalized spacial score (nSPS) is 40.3. The molecular formula is C43H62N4O. The van der Waals surface area contributed by atoms with Gasteiger partial charge >= 0.3 is 0 Å². The lowest BCUT2D eigenvalue weighted by Crippen LogP contribution is -2.65. The highest BCUT2D eigenvalue weighted by molar-refractivity contribution is 5.84. The first-order chi connectivity index (χ1) is 22.7. The number of rotatable bonds is 4. The molecule has 5 nitrogen and oxygen atoms in total. The minimum absolute atomic E-state index is 0.107. The summed E-state index contributed by atoms with van der Waals surface area (Å²) in [7, 11) is 0. The summed E-state index contributed by atoms with van der Waals surface area (Å²) in [6, 6.07) is 11.1. The number of aromatic amines is 1. The molecule has 1 aromatic carbocycles. The summed E-state index contributed by atoms with van der Waals surface area (Å²) in [5.41, 5.74) is 6.61. The van der Waals surface area contributed by atoms with Crippen LogP contribution in [0, 0.1) is 44.8 Å². The number of carbonyl (C=O) groups is 1. The van der Waals surface area contributed by atoms with Crippen LogP contribution in [0.15, 0.2) is 48.2 Å². The molecule has 0 spiro atoms. The van der Waals surface area contributed by atoms with Gasteiger partial charge < -0.3 is 5.32 Å². The summed E-state index contributed by atoms with van der Waals surface area (Å²) in [6.07, 6.45) is 17.3. The van der Waals surface area contributed by atoms with Crippen LogP contribution in [-0.4, -0.2) is 40.1 Å². The predicted molar refractivity (Wildman–Crippen MR) is 194 cm³/mol. The zero-order valence-corrected chi connectivity index (χ0v) is 31.1. The highest BCUT2D eigenvalue weighted by Gasteiger charge is 2.69. The lowest BCUT2D eigenvalue weighted by atomic mass is 9.33. The number of nitrogens with one attached hydrogen (secondary N) is 2. The van der Waals surface area contributed by atoms with Crippen LogP contribution in [-0.2, 0) is 23.2 Å². The Kier molecular flexibility index (Phi) is 7.55. The molecule has 260 valence electrons. The third kappa shape index (κ3) is 4.71. The Labute approximate surface area is 290 Å². The molecule has 1 aromatic heterocycles. The van der Waals surface area contributed by atoms with E-state index >= 15 is 0 Å². The topological polar surface area (TPSA) is 61.0 Å². The van der Waals surface area contributed by atoms with Gasteiger partial charge in [0.1, 0.15) is 0 Å². The van der Waals surface area contributed by atoms with Gasteiger partial charge in [0.2, 0.25) is 5.91 Å². The van der Waals surface area contributed by atoms with Crippen LogP contribution in [0.25, 0.3) is 0 Å². The average molecular weight is 651 g/mol. The van der Waals surface area contributed by atoms with E-state index in [9.17, 15) is 4.79 Å². The summed E-state index contributed by atoms with van der Waals surface area (Å²) in [6.45, 7) is 21.0. The first-order valence-electron chi connectivity index (χ1n) is 19.5. The van der Waals surface area contributed by atoms with Crippen LogP contribution in [0.3, 0.4) is 0 Å². The largest absolute Gasteiger partial charge is 0.353 e. The van der Waals surface area contributed by atoms with Gasteiger partial charge in [-0.1, -0.05) is 90.4 Å². The Morgan fingerprint density at radius 3 is 2.40 bits per heavy atom. The molecule has 2 N–H and O–H groups in total. The van der Waals surface area contributed by atoms with Gasteiger partial charge in [0.05, 0.1) is 11.6 Å². The number of amides is 1. The van der Waals surface area contributed by atoms with Crippen LogP contribution in [0.5, 0.6) is 0 Å². The number of hydrogen-bond donors (Lipinski definition) is 2. The fourth-order valence-electron chi connectivity index (χ4n) is 13.4. The maximum absolute atomic E-state index is 14.8. The number of fused-ring (bicyclic) bond motifs is 8. The zero-order chi connectivity index (χ0) is 33.7. The number of nitrogens with zero attached hydrogens (tertiary/aromatic N) is 2. The van der Waals surface area contributed by atoms with Gasteiger partial charge in [0, 0.05) is 36.8 Å². The van der Waals surface area contributed by atoms with Crippen molar-refractivity contribution in [1.82, 2.24) is 20.4 Å². The molecular weight excluding hydrogens is 589 g/mol. The molecule has 6 aliphatic rings. The number of likely N-dealkylation sites (tertiary alicyclic amines) is 1. The fourth-order valence-corrected chi connectivity index (χ4v) is 13.4. The van der Waals surface area contributed by atoms with Crippen molar-refractivity contribution in [2.45, 2.75) is 137 Å². The second-order valence-corrected chi connectivity index (χ2v) is 19.5. The molecule has 1 saturated heterocycles. The number of carbonyl (C=O) groups excluding carboxylic acids is 1.